The van der Waals surface area contributed by atoms with E-state index in [4.69, 9.17) is 0 Å². The van der Waals surface area contributed by atoms with Crippen LogP contribution in [0.5, 0.6) is 0 Å². The molecule has 0 fully saturated rings. The minimum absolute atomic E-state index is 0.214. The Kier molecular flexibility index (Phi) is 3.81. The molecule has 0 aliphatic carbocycles. The summed E-state index contributed by atoms with van der Waals surface area (Å²) in [6.45, 7) is 2.67. The highest BCUT2D eigenvalue weighted by molar-refractivity contribution is 9.10. The first-order chi connectivity index (χ1) is 8.60. The molecule has 0 aliphatic rings. The molecule has 1 N–H and O–H groups in total. The summed E-state index contributed by atoms with van der Waals surface area (Å²) in [4.78, 5) is 12.0. The van der Waals surface area contributed by atoms with Gasteiger partial charge in [-0.2, -0.15) is 0 Å². The standard InChI is InChI=1S/C13H12BrFN2O/c1-2-17-8-9(14)7-12(17)13(18)16-11-5-3-10(15)4-6-11/h3-8H,2H2,1H3,(H,16,18). The van der Waals surface area contributed by atoms with Crippen molar-refractivity contribution in [2.75, 3.05) is 5.32 Å². The van der Waals surface area contributed by atoms with Gasteiger partial charge in [0.1, 0.15) is 11.5 Å². The van der Waals surface area contributed by atoms with Gasteiger partial charge < -0.3 is 9.88 Å². The van der Waals surface area contributed by atoms with Gasteiger partial charge in [0.2, 0.25) is 0 Å². The van der Waals surface area contributed by atoms with Gasteiger partial charge in [-0.05, 0) is 53.2 Å². The highest BCUT2D eigenvalue weighted by atomic mass is 79.9. The number of aryl methyl sites for hydroxylation is 1. The summed E-state index contributed by atoms with van der Waals surface area (Å²) in [5.74, 6) is -0.540. The van der Waals surface area contributed by atoms with Crippen molar-refractivity contribution in [2.24, 2.45) is 0 Å². The van der Waals surface area contributed by atoms with E-state index in [1.165, 1.54) is 24.3 Å². The van der Waals surface area contributed by atoms with Gasteiger partial charge in [-0.15, -0.1) is 0 Å². The van der Waals surface area contributed by atoms with Crippen molar-refractivity contribution in [3.05, 3.63) is 52.5 Å². The zero-order chi connectivity index (χ0) is 13.1. The summed E-state index contributed by atoms with van der Waals surface area (Å²) in [6, 6.07) is 7.43. The van der Waals surface area contributed by atoms with Crippen LogP contribution < -0.4 is 5.32 Å². The van der Waals surface area contributed by atoms with Crippen LogP contribution in [0.4, 0.5) is 10.1 Å². The van der Waals surface area contributed by atoms with Crippen molar-refractivity contribution in [3.63, 3.8) is 0 Å². The number of nitrogens with zero attached hydrogens (tertiary/aromatic N) is 1. The smallest absolute Gasteiger partial charge is 0.272 e. The van der Waals surface area contributed by atoms with E-state index in [0.717, 1.165) is 4.47 Å². The van der Waals surface area contributed by atoms with Gasteiger partial charge in [0.25, 0.3) is 5.91 Å². The van der Waals surface area contributed by atoms with Crippen LogP contribution in [0.3, 0.4) is 0 Å². The number of amides is 1. The first-order valence-electron chi connectivity index (χ1n) is 5.52. The van der Waals surface area contributed by atoms with Crippen molar-refractivity contribution in [1.29, 1.82) is 0 Å². The molecule has 0 bridgehead atoms. The normalized spacial score (nSPS) is 10.4. The van der Waals surface area contributed by atoms with E-state index in [-0.39, 0.29) is 11.7 Å². The van der Waals surface area contributed by atoms with E-state index in [0.29, 0.717) is 17.9 Å². The second kappa shape index (κ2) is 5.35. The molecule has 0 aliphatic heterocycles. The van der Waals surface area contributed by atoms with Crippen LogP contribution in [0, 0.1) is 5.82 Å². The topological polar surface area (TPSA) is 34.0 Å². The number of hydrogen-bond acceptors (Lipinski definition) is 1. The molecule has 18 heavy (non-hydrogen) atoms. The Bertz CT molecular complexity index is 563. The Hall–Kier alpha value is -1.62. The van der Waals surface area contributed by atoms with Gasteiger partial charge in [-0.3, -0.25) is 4.79 Å². The van der Waals surface area contributed by atoms with E-state index in [9.17, 15) is 9.18 Å². The molecule has 1 heterocycles. The highest BCUT2D eigenvalue weighted by Crippen LogP contribution is 2.17. The van der Waals surface area contributed by atoms with Crippen molar-refractivity contribution >= 4 is 27.5 Å². The van der Waals surface area contributed by atoms with Gasteiger partial charge >= 0.3 is 0 Å². The summed E-state index contributed by atoms with van der Waals surface area (Å²) >= 11 is 3.34. The summed E-state index contributed by atoms with van der Waals surface area (Å²) in [5, 5.41) is 2.73. The first-order valence-corrected chi connectivity index (χ1v) is 6.32. The first kappa shape index (κ1) is 12.8. The molecule has 0 saturated carbocycles. The number of benzene rings is 1. The lowest BCUT2D eigenvalue weighted by Gasteiger charge is -2.07. The fraction of sp³-hybridized carbons (Fsp3) is 0.154. The fourth-order valence-electron chi connectivity index (χ4n) is 1.66. The summed E-state index contributed by atoms with van der Waals surface area (Å²) in [6.07, 6.45) is 1.85. The van der Waals surface area contributed by atoms with Crippen LogP contribution in [0.25, 0.3) is 0 Å². The number of carbonyl (C=O) groups is 1. The molecule has 5 heteroatoms. The third-order valence-corrected chi connectivity index (χ3v) is 2.97. The number of rotatable bonds is 3. The summed E-state index contributed by atoms with van der Waals surface area (Å²) < 4.78 is 15.4. The fourth-order valence-corrected chi connectivity index (χ4v) is 2.12. The quantitative estimate of drug-likeness (QED) is 0.922. The Morgan fingerprint density at radius 2 is 2.06 bits per heavy atom. The lowest BCUT2D eigenvalue weighted by atomic mass is 10.3. The van der Waals surface area contributed by atoms with Crippen LogP contribution in [0.1, 0.15) is 17.4 Å². The van der Waals surface area contributed by atoms with Gasteiger partial charge in [-0.1, -0.05) is 0 Å². The van der Waals surface area contributed by atoms with E-state index in [1.807, 2.05) is 17.7 Å². The third kappa shape index (κ3) is 2.79. The molecule has 0 atom stereocenters. The molecule has 1 amide bonds. The predicted octanol–water partition coefficient (Wildman–Crippen LogP) is 3.66. The van der Waals surface area contributed by atoms with Gasteiger partial charge in [-0.25, -0.2) is 4.39 Å². The predicted molar refractivity (Wildman–Crippen MR) is 72.2 cm³/mol. The molecule has 0 unspecified atom stereocenters. The lowest BCUT2D eigenvalue weighted by molar-refractivity contribution is 0.101. The third-order valence-electron chi connectivity index (χ3n) is 2.54. The Labute approximate surface area is 113 Å². The summed E-state index contributed by atoms with van der Waals surface area (Å²) in [7, 11) is 0. The molecule has 1 aromatic heterocycles. The maximum absolute atomic E-state index is 12.7. The van der Waals surface area contributed by atoms with Crippen LogP contribution >= 0.6 is 15.9 Å². The minimum Gasteiger partial charge on any atom is -0.343 e. The maximum atomic E-state index is 12.7. The molecule has 2 aromatic rings. The molecular weight excluding hydrogens is 299 g/mol. The molecule has 0 spiro atoms. The molecule has 2 rings (SSSR count). The van der Waals surface area contributed by atoms with E-state index < -0.39 is 0 Å². The van der Waals surface area contributed by atoms with Crippen molar-refractivity contribution in [2.45, 2.75) is 13.5 Å². The van der Waals surface area contributed by atoms with Crippen molar-refractivity contribution in [1.82, 2.24) is 4.57 Å². The average Bonchev–Trinajstić information content (AvgIpc) is 2.73. The average molecular weight is 311 g/mol. The second-order valence-corrected chi connectivity index (χ2v) is 4.71. The molecule has 94 valence electrons. The van der Waals surface area contributed by atoms with Gasteiger partial charge in [0.05, 0.1) is 0 Å². The number of carbonyl (C=O) groups excluding carboxylic acids is 1. The van der Waals surface area contributed by atoms with Crippen molar-refractivity contribution < 1.29 is 9.18 Å². The number of aromatic nitrogens is 1. The Balaban J connectivity index is 2.19. The SMILES string of the molecule is CCn1cc(Br)cc1C(=O)Nc1ccc(F)cc1. The minimum atomic E-state index is -0.326. The van der Waals surface area contributed by atoms with Gasteiger partial charge in [0, 0.05) is 22.9 Å². The van der Waals surface area contributed by atoms with Crippen LogP contribution in [0.15, 0.2) is 41.0 Å². The molecule has 0 radical (unpaired) electrons. The van der Waals surface area contributed by atoms with Crippen LogP contribution in [-0.4, -0.2) is 10.5 Å². The maximum Gasteiger partial charge on any atom is 0.272 e. The monoisotopic (exact) mass is 310 g/mol. The van der Waals surface area contributed by atoms with E-state index in [2.05, 4.69) is 21.2 Å². The van der Waals surface area contributed by atoms with E-state index >= 15 is 0 Å². The largest absolute Gasteiger partial charge is 0.343 e. The zero-order valence-corrected chi connectivity index (χ0v) is 11.4. The zero-order valence-electron chi connectivity index (χ0n) is 9.78. The Morgan fingerprint density at radius 1 is 1.39 bits per heavy atom. The van der Waals surface area contributed by atoms with E-state index in [1.54, 1.807) is 6.07 Å². The number of nitrogens with one attached hydrogen (secondary N) is 1. The highest BCUT2D eigenvalue weighted by Gasteiger charge is 2.12. The van der Waals surface area contributed by atoms with Crippen LogP contribution in [-0.2, 0) is 6.54 Å². The van der Waals surface area contributed by atoms with Crippen molar-refractivity contribution in [3.8, 4) is 0 Å². The molecular formula is C13H12BrFN2O. The van der Waals surface area contributed by atoms with Gasteiger partial charge in [0.15, 0.2) is 0 Å². The second-order valence-electron chi connectivity index (χ2n) is 3.79. The number of hydrogen-bond donors (Lipinski definition) is 1. The number of anilines is 1. The molecule has 0 saturated heterocycles. The molecule has 1 aromatic carbocycles. The summed E-state index contributed by atoms with van der Waals surface area (Å²) in [5.41, 5.74) is 1.13. The van der Waals surface area contributed by atoms with Crippen LogP contribution in [0.2, 0.25) is 0 Å². The molecule has 3 nitrogen and oxygen atoms in total. The lowest BCUT2D eigenvalue weighted by Crippen LogP contribution is -2.16. The number of halogens is 2. The Morgan fingerprint density at radius 3 is 2.67 bits per heavy atom.